The monoisotopic (exact) mass is 189 g/mol. The molecule has 1 rings (SSSR count). The minimum atomic E-state index is -0.227. The van der Waals surface area contributed by atoms with Gasteiger partial charge in [0.1, 0.15) is 5.69 Å². The number of benzene rings is 1. The van der Waals surface area contributed by atoms with Crippen LogP contribution < -0.4 is 5.32 Å². The van der Waals surface area contributed by atoms with Crippen LogP contribution in [0.25, 0.3) is 0 Å². The Bertz CT molecular complexity index is 357. The van der Waals surface area contributed by atoms with E-state index in [4.69, 9.17) is 5.26 Å². The van der Waals surface area contributed by atoms with E-state index in [0.717, 1.165) is 5.56 Å². The van der Waals surface area contributed by atoms with E-state index in [9.17, 15) is 4.91 Å². The van der Waals surface area contributed by atoms with Gasteiger partial charge in [-0.05, 0) is 23.7 Å². The number of hydrogen-bond donors (Lipinski definition) is 1. The Morgan fingerprint density at radius 2 is 2.29 bits per heavy atom. The Morgan fingerprint density at radius 1 is 1.57 bits per heavy atom. The lowest BCUT2D eigenvalue weighted by molar-refractivity contribution is 0.643. The molecule has 14 heavy (non-hydrogen) atoms. The molecule has 1 aromatic carbocycles. The lowest BCUT2D eigenvalue weighted by Crippen LogP contribution is -2.23. The van der Waals surface area contributed by atoms with Crippen LogP contribution in [0.2, 0.25) is 0 Å². The molecule has 0 radical (unpaired) electrons. The summed E-state index contributed by atoms with van der Waals surface area (Å²) < 4.78 is 0. The van der Waals surface area contributed by atoms with E-state index in [0.29, 0.717) is 12.2 Å². The summed E-state index contributed by atoms with van der Waals surface area (Å²) >= 11 is 0. The number of nitrogens with zero attached hydrogens (tertiary/aromatic N) is 2. The lowest BCUT2D eigenvalue weighted by atomic mass is 10.2. The highest BCUT2D eigenvalue weighted by atomic mass is 16.3. The molecule has 1 unspecified atom stereocenters. The first-order valence-electron chi connectivity index (χ1n) is 4.32. The average molecular weight is 189 g/mol. The average Bonchev–Trinajstić information content (AvgIpc) is 2.26. The smallest absolute Gasteiger partial charge is 0.112 e. The summed E-state index contributed by atoms with van der Waals surface area (Å²) in [5, 5.41) is 14.4. The van der Waals surface area contributed by atoms with E-state index in [2.05, 4.69) is 16.6 Å². The fourth-order valence-electron chi connectivity index (χ4n) is 1.06. The Balaban J connectivity index is 2.67. The normalized spacial score (nSPS) is 11.7. The van der Waals surface area contributed by atoms with E-state index in [1.54, 1.807) is 19.1 Å². The van der Waals surface area contributed by atoms with Gasteiger partial charge in [0.25, 0.3) is 0 Å². The third-order valence-corrected chi connectivity index (χ3v) is 1.88. The van der Waals surface area contributed by atoms with Gasteiger partial charge in [0.2, 0.25) is 0 Å². The Hall–Kier alpha value is -1.73. The fourth-order valence-corrected chi connectivity index (χ4v) is 1.06. The van der Waals surface area contributed by atoms with Crippen LogP contribution in [0.5, 0.6) is 0 Å². The molecule has 0 amide bonds. The van der Waals surface area contributed by atoms with E-state index in [1.165, 1.54) is 0 Å². The maximum atomic E-state index is 10.4. The Kier molecular flexibility index (Phi) is 3.77. The van der Waals surface area contributed by atoms with Crippen molar-refractivity contribution in [3.05, 3.63) is 34.7 Å². The van der Waals surface area contributed by atoms with Crippen molar-refractivity contribution in [2.45, 2.75) is 19.5 Å². The standard InChI is InChI=1S/C10H11N3O/c1-8(6-11)12-7-9-4-2-3-5-10(9)13-14/h2-5,8,12H,7H2,1H3. The topological polar surface area (TPSA) is 65.2 Å². The zero-order valence-electron chi connectivity index (χ0n) is 7.90. The van der Waals surface area contributed by atoms with Crippen molar-refractivity contribution < 1.29 is 0 Å². The highest BCUT2D eigenvalue weighted by Gasteiger charge is 2.03. The van der Waals surface area contributed by atoms with Gasteiger partial charge < -0.3 is 0 Å². The predicted molar refractivity (Wildman–Crippen MR) is 53.8 cm³/mol. The van der Waals surface area contributed by atoms with Gasteiger partial charge in [0.05, 0.1) is 12.1 Å². The van der Waals surface area contributed by atoms with E-state index in [-0.39, 0.29) is 6.04 Å². The first-order chi connectivity index (χ1) is 6.77. The van der Waals surface area contributed by atoms with Gasteiger partial charge in [-0.2, -0.15) is 5.26 Å². The number of rotatable bonds is 4. The molecule has 0 fully saturated rings. The Morgan fingerprint density at radius 3 is 2.93 bits per heavy atom. The van der Waals surface area contributed by atoms with Crippen LogP contribution in [0.4, 0.5) is 5.69 Å². The van der Waals surface area contributed by atoms with Crippen molar-refractivity contribution in [2.24, 2.45) is 5.18 Å². The molecule has 0 saturated carbocycles. The molecule has 0 aliphatic carbocycles. The van der Waals surface area contributed by atoms with Gasteiger partial charge in [-0.25, -0.2) is 0 Å². The van der Waals surface area contributed by atoms with Crippen molar-refractivity contribution in [1.29, 1.82) is 5.26 Å². The van der Waals surface area contributed by atoms with Crippen molar-refractivity contribution in [2.75, 3.05) is 0 Å². The highest BCUT2D eigenvalue weighted by molar-refractivity contribution is 5.45. The van der Waals surface area contributed by atoms with Crippen molar-refractivity contribution in [3.63, 3.8) is 0 Å². The minimum Gasteiger partial charge on any atom is -0.298 e. The largest absolute Gasteiger partial charge is 0.298 e. The van der Waals surface area contributed by atoms with E-state index >= 15 is 0 Å². The van der Waals surface area contributed by atoms with Crippen LogP contribution >= 0.6 is 0 Å². The van der Waals surface area contributed by atoms with Gasteiger partial charge >= 0.3 is 0 Å². The summed E-state index contributed by atoms with van der Waals surface area (Å²) in [5.74, 6) is 0. The SMILES string of the molecule is CC(C#N)NCc1ccccc1N=O. The molecule has 0 aliphatic rings. The van der Waals surface area contributed by atoms with Gasteiger partial charge in [-0.15, -0.1) is 4.91 Å². The maximum absolute atomic E-state index is 10.4. The minimum absolute atomic E-state index is 0.227. The van der Waals surface area contributed by atoms with Crippen molar-refractivity contribution >= 4 is 5.69 Å². The van der Waals surface area contributed by atoms with Crippen LogP contribution in [-0.2, 0) is 6.54 Å². The van der Waals surface area contributed by atoms with Crippen molar-refractivity contribution in [1.82, 2.24) is 5.32 Å². The third-order valence-electron chi connectivity index (χ3n) is 1.88. The summed E-state index contributed by atoms with van der Waals surface area (Å²) in [6, 6.07) is 8.89. The summed E-state index contributed by atoms with van der Waals surface area (Å²) in [6.07, 6.45) is 0. The molecule has 0 aromatic heterocycles. The molecule has 0 heterocycles. The molecule has 0 aliphatic heterocycles. The number of nitriles is 1. The van der Waals surface area contributed by atoms with Crippen LogP contribution in [0.15, 0.2) is 29.4 Å². The van der Waals surface area contributed by atoms with Crippen LogP contribution in [0.3, 0.4) is 0 Å². The first kappa shape index (κ1) is 10.4. The molecule has 4 heteroatoms. The quantitative estimate of drug-likeness (QED) is 0.737. The number of nitrogens with one attached hydrogen (secondary N) is 1. The molecule has 0 bridgehead atoms. The van der Waals surface area contributed by atoms with Crippen molar-refractivity contribution in [3.8, 4) is 6.07 Å². The van der Waals surface area contributed by atoms with Gasteiger partial charge in [-0.3, -0.25) is 5.32 Å². The van der Waals surface area contributed by atoms with Gasteiger partial charge in [-0.1, -0.05) is 18.2 Å². The lowest BCUT2D eigenvalue weighted by Gasteiger charge is -2.06. The van der Waals surface area contributed by atoms with Gasteiger partial charge in [0.15, 0.2) is 0 Å². The maximum Gasteiger partial charge on any atom is 0.112 e. The molecule has 4 nitrogen and oxygen atoms in total. The molecule has 1 atom stereocenters. The Labute approximate surface area is 82.5 Å². The fraction of sp³-hybridized carbons (Fsp3) is 0.300. The second kappa shape index (κ2) is 5.10. The molecule has 72 valence electrons. The molecule has 1 aromatic rings. The third kappa shape index (κ3) is 2.64. The van der Waals surface area contributed by atoms with Crippen LogP contribution in [0.1, 0.15) is 12.5 Å². The molecular formula is C10H11N3O. The van der Waals surface area contributed by atoms with Gasteiger partial charge in [0, 0.05) is 6.54 Å². The summed E-state index contributed by atoms with van der Waals surface area (Å²) in [5.41, 5.74) is 1.23. The number of nitroso groups, excluding NO2 is 1. The second-order valence-corrected chi connectivity index (χ2v) is 2.95. The molecular weight excluding hydrogens is 178 g/mol. The second-order valence-electron chi connectivity index (χ2n) is 2.95. The summed E-state index contributed by atoms with van der Waals surface area (Å²) in [6.45, 7) is 2.24. The zero-order valence-corrected chi connectivity index (χ0v) is 7.90. The number of hydrogen-bond acceptors (Lipinski definition) is 4. The molecule has 1 N–H and O–H groups in total. The summed E-state index contributed by atoms with van der Waals surface area (Å²) in [7, 11) is 0. The first-order valence-corrected chi connectivity index (χ1v) is 4.32. The molecule has 0 saturated heterocycles. The van der Waals surface area contributed by atoms with E-state index in [1.807, 2.05) is 12.1 Å². The summed E-state index contributed by atoms with van der Waals surface area (Å²) in [4.78, 5) is 10.4. The van der Waals surface area contributed by atoms with Crippen LogP contribution in [0, 0.1) is 16.2 Å². The highest BCUT2D eigenvalue weighted by Crippen LogP contribution is 2.17. The molecule has 0 spiro atoms. The van der Waals surface area contributed by atoms with E-state index < -0.39 is 0 Å². The zero-order chi connectivity index (χ0) is 10.4. The predicted octanol–water partition coefficient (Wildman–Crippen LogP) is 2.09. The van der Waals surface area contributed by atoms with Crippen LogP contribution in [-0.4, -0.2) is 6.04 Å².